The van der Waals surface area contributed by atoms with Crippen molar-refractivity contribution in [3.05, 3.63) is 36.1 Å². The molecule has 0 saturated heterocycles. The molecule has 1 heterocycles. The summed E-state index contributed by atoms with van der Waals surface area (Å²) in [7, 11) is 0. The molecule has 0 spiro atoms. The van der Waals surface area contributed by atoms with Crippen LogP contribution in [0.3, 0.4) is 0 Å². The van der Waals surface area contributed by atoms with Crippen molar-refractivity contribution >= 4 is 16.8 Å². The number of benzene rings is 1. The topological polar surface area (TPSA) is 33.5 Å². The fourth-order valence-corrected chi connectivity index (χ4v) is 2.47. The van der Waals surface area contributed by atoms with E-state index in [-0.39, 0.29) is 5.78 Å². The van der Waals surface area contributed by atoms with Gasteiger partial charge in [-0.2, -0.15) is 0 Å². The molecule has 0 amide bonds. The Morgan fingerprint density at radius 3 is 2.75 bits per heavy atom. The Hall–Kier alpha value is -1.61. The van der Waals surface area contributed by atoms with Gasteiger partial charge in [-0.05, 0) is 44.7 Å². The van der Waals surface area contributed by atoms with Crippen LogP contribution in [-0.4, -0.2) is 29.8 Å². The molecule has 3 rings (SSSR count). The molecule has 1 aromatic heterocycles. The number of fused-ring (bicyclic) bond motifs is 1. The highest BCUT2D eigenvalue weighted by Crippen LogP contribution is 2.30. The zero-order valence-electron chi connectivity index (χ0n) is 12.1. The van der Waals surface area contributed by atoms with Crippen molar-refractivity contribution < 1.29 is 9.21 Å². The average molecular weight is 271 g/mol. The molecule has 3 heteroatoms. The normalized spacial score (nSPS) is 15.4. The van der Waals surface area contributed by atoms with Crippen molar-refractivity contribution in [3.8, 4) is 0 Å². The molecule has 0 atom stereocenters. The largest absolute Gasteiger partial charge is 0.453 e. The number of hydrogen-bond acceptors (Lipinski definition) is 3. The van der Waals surface area contributed by atoms with Gasteiger partial charge in [0.2, 0.25) is 5.78 Å². The number of Topliss-reactive ketones (excluding diaryl/α,β-unsaturated/α-hetero) is 1. The molecule has 0 N–H and O–H groups in total. The van der Waals surface area contributed by atoms with E-state index in [9.17, 15) is 4.79 Å². The quantitative estimate of drug-likeness (QED) is 0.750. The van der Waals surface area contributed by atoms with Crippen LogP contribution in [0.25, 0.3) is 11.0 Å². The lowest BCUT2D eigenvalue weighted by molar-refractivity contribution is 0.0875. The third kappa shape index (κ3) is 2.93. The first kappa shape index (κ1) is 13.4. The minimum Gasteiger partial charge on any atom is -0.453 e. The molecule has 1 fully saturated rings. The third-order valence-electron chi connectivity index (χ3n) is 3.97. The first-order chi connectivity index (χ1) is 9.63. The lowest BCUT2D eigenvalue weighted by atomic mass is 10.2. The molecule has 1 aliphatic carbocycles. The van der Waals surface area contributed by atoms with Crippen LogP contribution in [-0.2, 0) is 0 Å². The number of hydrogen-bond donors (Lipinski definition) is 0. The van der Waals surface area contributed by atoms with Crippen LogP contribution in [0.4, 0.5) is 0 Å². The lowest BCUT2D eigenvalue weighted by Gasteiger charge is -2.25. The molecule has 2 aromatic rings. The lowest BCUT2D eigenvalue weighted by Crippen LogP contribution is -2.37. The summed E-state index contributed by atoms with van der Waals surface area (Å²) >= 11 is 0. The van der Waals surface area contributed by atoms with Gasteiger partial charge in [0, 0.05) is 18.0 Å². The van der Waals surface area contributed by atoms with Crippen molar-refractivity contribution in [1.29, 1.82) is 0 Å². The van der Waals surface area contributed by atoms with Gasteiger partial charge in [-0.3, -0.25) is 9.69 Å². The standard InChI is InChI=1S/C17H21NO2/c1-12(2)18(10-13-7-8-13)11-15(19)17-9-14-5-3-4-6-16(14)20-17/h3-6,9,12-13H,7-8,10-11H2,1-2H3. The highest BCUT2D eigenvalue weighted by atomic mass is 16.3. The van der Waals surface area contributed by atoms with E-state index >= 15 is 0 Å². The van der Waals surface area contributed by atoms with Crippen molar-refractivity contribution in [3.63, 3.8) is 0 Å². The summed E-state index contributed by atoms with van der Waals surface area (Å²) in [5.41, 5.74) is 0.786. The smallest absolute Gasteiger partial charge is 0.211 e. The third-order valence-corrected chi connectivity index (χ3v) is 3.97. The minimum absolute atomic E-state index is 0.0792. The zero-order chi connectivity index (χ0) is 14.1. The second kappa shape index (κ2) is 5.41. The Bertz CT molecular complexity index is 577. The van der Waals surface area contributed by atoms with E-state index in [4.69, 9.17) is 4.42 Å². The van der Waals surface area contributed by atoms with Gasteiger partial charge in [-0.1, -0.05) is 18.2 Å². The summed E-state index contributed by atoms with van der Waals surface area (Å²) in [6.45, 7) is 5.78. The number of rotatable bonds is 6. The van der Waals surface area contributed by atoms with Crippen molar-refractivity contribution in [2.24, 2.45) is 5.92 Å². The van der Waals surface area contributed by atoms with E-state index in [1.165, 1.54) is 12.8 Å². The molecule has 0 unspecified atom stereocenters. The van der Waals surface area contributed by atoms with Gasteiger partial charge in [-0.15, -0.1) is 0 Å². The Morgan fingerprint density at radius 2 is 2.10 bits per heavy atom. The molecule has 3 nitrogen and oxygen atoms in total. The minimum atomic E-state index is 0.0792. The molecule has 1 aromatic carbocycles. The van der Waals surface area contributed by atoms with Crippen LogP contribution in [0.15, 0.2) is 34.7 Å². The van der Waals surface area contributed by atoms with Crippen LogP contribution >= 0.6 is 0 Å². The van der Waals surface area contributed by atoms with Crippen LogP contribution in [0, 0.1) is 5.92 Å². The molecular formula is C17H21NO2. The molecular weight excluding hydrogens is 250 g/mol. The number of furan rings is 1. The van der Waals surface area contributed by atoms with Gasteiger partial charge in [-0.25, -0.2) is 0 Å². The van der Waals surface area contributed by atoms with Gasteiger partial charge in [0.05, 0.1) is 6.54 Å². The van der Waals surface area contributed by atoms with E-state index in [1.54, 1.807) is 0 Å². The summed E-state index contributed by atoms with van der Waals surface area (Å²) in [4.78, 5) is 14.7. The molecule has 0 bridgehead atoms. The second-order valence-corrected chi connectivity index (χ2v) is 6.04. The van der Waals surface area contributed by atoms with Crippen molar-refractivity contribution in [1.82, 2.24) is 4.90 Å². The SMILES string of the molecule is CC(C)N(CC(=O)c1cc2ccccc2o1)CC1CC1. The maximum atomic E-state index is 12.4. The fourth-order valence-electron chi connectivity index (χ4n) is 2.47. The Kier molecular flexibility index (Phi) is 3.62. The molecule has 1 aliphatic rings. The maximum Gasteiger partial charge on any atom is 0.211 e. The van der Waals surface area contributed by atoms with Gasteiger partial charge >= 0.3 is 0 Å². The molecule has 0 radical (unpaired) electrons. The Balaban J connectivity index is 1.73. The number of nitrogens with zero attached hydrogens (tertiary/aromatic N) is 1. The molecule has 0 aliphatic heterocycles. The van der Waals surface area contributed by atoms with E-state index < -0.39 is 0 Å². The van der Waals surface area contributed by atoms with Gasteiger partial charge < -0.3 is 4.42 Å². The number of carbonyl (C=O) groups is 1. The molecule has 106 valence electrons. The monoisotopic (exact) mass is 271 g/mol. The van der Waals surface area contributed by atoms with Gasteiger partial charge in [0.25, 0.3) is 0 Å². The highest BCUT2D eigenvalue weighted by molar-refractivity contribution is 5.98. The average Bonchev–Trinajstić information content (AvgIpc) is 3.13. The first-order valence-corrected chi connectivity index (χ1v) is 7.39. The first-order valence-electron chi connectivity index (χ1n) is 7.39. The number of para-hydroxylation sites is 1. The summed E-state index contributed by atoms with van der Waals surface area (Å²) in [6.07, 6.45) is 2.62. The molecule has 1 saturated carbocycles. The van der Waals surface area contributed by atoms with Crippen LogP contribution < -0.4 is 0 Å². The van der Waals surface area contributed by atoms with Crippen molar-refractivity contribution in [2.45, 2.75) is 32.7 Å². The van der Waals surface area contributed by atoms with E-state index in [2.05, 4.69) is 18.7 Å². The van der Waals surface area contributed by atoms with E-state index in [0.717, 1.165) is 23.4 Å². The van der Waals surface area contributed by atoms with Crippen LogP contribution in [0.5, 0.6) is 0 Å². The maximum absolute atomic E-state index is 12.4. The predicted molar refractivity (Wildman–Crippen MR) is 80.0 cm³/mol. The summed E-state index contributed by atoms with van der Waals surface area (Å²) in [6, 6.07) is 10.0. The Labute approximate surface area is 119 Å². The second-order valence-electron chi connectivity index (χ2n) is 6.04. The number of ketones is 1. The summed E-state index contributed by atoms with van der Waals surface area (Å²) in [5, 5.41) is 0.995. The Morgan fingerprint density at radius 1 is 1.35 bits per heavy atom. The highest BCUT2D eigenvalue weighted by Gasteiger charge is 2.27. The van der Waals surface area contributed by atoms with Crippen LogP contribution in [0.1, 0.15) is 37.2 Å². The predicted octanol–water partition coefficient (Wildman–Crippen LogP) is 3.74. The van der Waals surface area contributed by atoms with E-state index in [1.807, 2.05) is 30.3 Å². The molecule has 20 heavy (non-hydrogen) atoms. The van der Waals surface area contributed by atoms with Gasteiger partial charge in [0.15, 0.2) is 5.76 Å². The van der Waals surface area contributed by atoms with E-state index in [0.29, 0.717) is 18.3 Å². The van der Waals surface area contributed by atoms with Crippen molar-refractivity contribution in [2.75, 3.05) is 13.1 Å². The fraction of sp³-hybridized carbons (Fsp3) is 0.471. The number of carbonyl (C=O) groups excluding carboxylic acids is 1. The summed E-state index contributed by atoms with van der Waals surface area (Å²) in [5.74, 6) is 1.35. The van der Waals surface area contributed by atoms with Gasteiger partial charge in [0.1, 0.15) is 5.58 Å². The zero-order valence-corrected chi connectivity index (χ0v) is 12.1. The summed E-state index contributed by atoms with van der Waals surface area (Å²) < 4.78 is 5.65. The van der Waals surface area contributed by atoms with Crippen LogP contribution in [0.2, 0.25) is 0 Å².